The molecule has 0 saturated carbocycles. The minimum atomic E-state index is -0.338. The van der Waals surface area contributed by atoms with Gasteiger partial charge in [-0.25, -0.2) is 0 Å². The molecular formula is C14H11ClN2O2S. The van der Waals surface area contributed by atoms with E-state index in [0.29, 0.717) is 22.5 Å². The molecular weight excluding hydrogens is 296 g/mol. The summed E-state index contributed by atoms with van der Waals surface area (Å²) in [7, 11) is 0. The second-order valence-corrected chi connectivity index (χ2v) is 5.54. The Labute approximate surface area is 125 Å². The fourth-order valence-corrected chi connectivity index (χ4v) is 2.53. The Kier molecular flexibility index (Phi) is 3.71. The smallest absolute Gasteiger partial charge is 0.267 e. The number of halogens is 1. The summed E-state index contributed by atoms with van der Waals surface area (Å²) in [5.41, 5.74) is 0. The lowest BCUT2D eigenvalue weighted by molar-refractivity contribution is 0.176. The van der Waals surface area contributed by atoms with Crippen molar-refractivity contribution in [1.29, 1.82) is 0 Å². The molecule has 1 atom stereocenters. The summed E-state index contributed by atoms with van der Waals surface area (Å²) >= 11 is 7.48. The van der Waals surface area contributed by atoms with Crippen molar-refractivity contribution in [2.24, 2.45) is 0 Å². The summed E-state index contributed by atoms with van der Waals surface area (Å²) in [6, 6.07) is 11.1. The van der Waals surface area contributed by atoms with Gasteiger partial charge in [0.05, 0.1) is 4.88 Å². The minimum absolute atomic E-state index is 0.338. The van der Waals surface area contributed by atoms with Crippen LogP contribution in [0.2, 0.25) is 5.02 Å². The van der Waals surface area contributed by atoms with Crippen LogP contribution in [0.5, 0.6) is 5.75 Å². The normalized spacial score (nSPS) is 12.3. The molecule has 0 saturated heterocycles. The van der Waals surface area contributed by atoms with E-state index in [1.165, 1.54) is 0 Å². The van der Waals surface area contributed by atoms with Gasteiger partial charge in [-0.2, -0.15) is 4.98 Å². The predicted molar refractivity (Wildman–Crippen MR) is 78.1 cm³/mol. The van der Waals surface area contributed by atoms with Crippen molar-refractivity contribution in [3.8, 4) is 16.5 Å². The Balaban J connectivity index is 1.76. The van der Waals surface area contributed by atoms with Crippen molar-refractivity contribution in [2.45, 2.75) is 13.0 Å². The summed E-state index contributed by atoms with van der Waals surface area (Å²) in [5.74, 6) is 1.69. The molecule has 4 nitrogen and oxygen atoms in total. The number of aromatic nitrogens is 2. The molecule has 6 heteroatoms. The standard InChI is InChI=1S/C14H11ClN2O2S/c1-9(18-11-5-2-4-10(15)8-11)14-16-13(17-19-14)12-6-3-7-20-12/h2-9H,1H3/t9-/m1/s1. The summed E-state index contributed by atoms with van der Waals surface area (Å²) in [6.45, 7) is 1.85. The lowest BCUT2D eigenvalue weighted by Gasteiger charge is -2.10. The van der Waals surface area contributed by atoms with E-state index in [9.17, 15) is 0 Å². The second kappa shape index (κ2) is 5.64. The first-order valence-electron chi connectivity index (χ1n) is 6.02. The van der Waals surface area contributed by atoms with E-state index >= 15 is 0 Å². The Bertz CT molecular complexity index is 697. The number of rotatable bonds is 4. The Hall–Kier alpha value is -1.85. The van der Waals surface area contributed by atoms with Gasteiger partial charge >= 0.3 is 0 Å². The molecule has 0 spiro atoms. The van der Waals surface area contributed by atoms with Crippen LogP contribution in [0.4, 0.5) is 0 Å². The van der Waals surface area contributed by atoms with Crippen LogP contribution in [-0.2, 0) is 0 Å². The molecule has 0 aliphatic carbocycles. The third-order valence-electron chi connectivity index (χ3n) is 2.64. The fraction of sp³-hybridized carbons (Fsp3) is 0.143. The summed E-state index contributed by atoms with van der Waals surface area (Å²) in [5, 5.41) is 6.55. The lowest BCUT2D eigenvalue weighted by atomic mass is 10.3. The average molecular weight is 307 g/mol. The number of hydrogen-bond donors (Lipinski definition) is 0. The van der Waals surface area contributed by atoms with Gasteiger partial charge in [0.2, 0.25) is 5.82 Å². The summed E-state index contributed by atoms with van der Waals surface area (Å²) in [4.78, 5) is 5.31. The highest BCUT2D eigenvalue weighted by Crippen LogP contribution is 2.26. The number of ether oxygens (including phenoxy) is 1. The molecule has 2 heterocycles. The van der Waals surface area contributed by atoms with Crippen LogP contribution in [0.25, 0.3) is 10.7 Å². The van der Waals surface area contributed by atoms with E-state index in [4.69, 9.17) is 20.9 Å². The van der Waals surface area contributed by atoms with Gasteiger partial charge < -0.3 is 9.26 Å². The highest BCUT2D eigenvalue weighted by atomic mass is 35.5. The Morgan fingerprint density at radius 1 is 1.30 bits per heavy atom. The van der Waals surface area contributed by atoms with E-state index in [0.717, 1.165) is 4.88 Å². The van der Waals surface area contributed by atoms with Gasteiger partial charge in [0.1, 0.15) is 5.75 Å². The first-order valence-corrected chi connectivity index (χ1v) is 7.28. The summed E-state index contributed by atoms with van der Waals surface area (Å²) in [6.07, 6.45) is -0.338. The highest BCUT2D eigenvalue weighted by molar-refractivity contribution is 7.13. The molecule has 0 aliphatic heterocycles. The quantitative estimate of drug-likeness (QED) is 0.707. The maximum Gasteiger partial charge on any atom is 0.267 e. The van der Waals surface area contributed by atoms with Gasteiger partial charge in [-0.05, 0) is 36.6 Å². The van der Waals surface area contributed by atoms with Crippen LogP contribution >= 0.6 is 22.9 Å². The highest BCUT2D eigenvalue weighted by Gasteiger charge is 2.17. The monoisotopic (exact) mass is 306 g/mol. The van der Waals surface area contributed by atoms with E-state index in [1.54, 1.807) is 23.5 Å². The van der Waals surface area contributed by atoms with Crippen LogP contribution in [0.15, 0.2) is 46.3 Å². The molecule has 0 unspecified atom stereocenters. The first-order chi connectivity index (χ1) is 9.72. The zero-order valence-corrected chi connectivity index (χ0v) is 12.2. The van der Waals surface area contributed by atoms with E-state index in [1.807, 2.05) is 36.6 Å². The molecule has 20 heavy (non-hydrogen) atoms. The Morgan fingerprint density at radius 3 is 2.95 bits per heavy atom. The van der Waals surface area contributed by atoms with E-state index < -0.39 is 0 Å². The topological polar surface area (TPSA) is 48.2 Å². The van der Waals surface area contributed by atoms with Crippen molar-refractivity contribution in [2.75, 3.05) is 0 Å². The molecule has 1 aromatic carbocycles. The molecule has 0 amide bonds. The number of nitrogens with zero attached hydrogens (tertiary/aromatic N) is 2. The van der Waals surface area contributed by atoms with Crippen LogP contribution in [-0.4, -0.2) is 10.1 Å². The number of benzene rings is 1. The van der Waals surface area contributed by atoms with Crippen molar-refractivity contribution in [1.82, 2.24) is 10.1 Å². The molecule has 0 fully saturated rings. The maximum absolute atomic E-state index is 5.92. The van der Waals surface area contributed by atoms with Crippen molar-refractivity contribution >= 4 is 22.9 Å². The van der Waals surface area contributed by atoms with Crippen LogP contribution in [0, 0.1) is 0 Å². The largest absolute Gasteiger partial charge is 0.481 e. The van der Waals surface area contributed by atoms with Crippen molar-refractivity contribution < 1.29 is 9.26 Å². The van der Waals surface area contributed by atoms with Gasteiger partial charge in [0, 0.05) is 5.02 Å². The average Bonchev–Trinajstić information content (AvgIpc) is 3.10. The summed E-state index contributed by atoms with van der Waals surface area (Å²) < 4.78 is 11.0. The fourth-order valence-electron chi connectivity index (χ4n) is 1.70. The first kappa shape index (κ1) is 13.1. The molecule has 0 aliphatic rings. The van der Waals surface area contributed by atoms with Crippen molar-refractivity contribution in [3.63, 3.8) is 0 Å². The van der Waals surface area contributed by atoms with Crippen LogP contribution in [0.1, 0.15) is 18.9 Å². The molecule has 2 aromatic heterocycles. The molecule has 0 bridgehead atoms. The number of hydrogen-bond acceptors (Lipinski definition) is 5. The molecule has 3 rings (SSSR count). The Morgan fingerprint density at radius 2 is 2.20 bits per heavy atom. The van der Waals surface area contributed by atoms with E-state index in [-0.39, 0.29) is 6.10 Å². The van der Waals surface area contributed by atoms with Crippen LogP contribution < -0.4 is 4.74 Å². The molecule has 0 radical (unpaired) electrons. The maximum atomic E-state index is 5.92. The van der Waals surface area contributed by atoms with Gasteiger partial charge in [0.25, 0.3) is 5.89 Å². The van der Waals surface area contributed by atoms with E-state index in [2.05, 4.69) is 10.1 Å². The SMILES string of the molecule is C[C@@H](Oc1cccc(Cl)c1)c1nc(-c2cccs2)no1. The van der Waals surface area contributed by atoms with Crippen LogP contribution in [0.3, 0.4) is 0 Å². The number of thiophene rings is 1. The molecule has 0 N–H and O–H groups in total. The third-order valence-corrected chi connectivity index (χ3v) is 3.74. The zero-order chi connectivity index (χ0) is 13.9. The predicted octanol–water partition coefficient (Wildman–Crippen LogP) is 4.59. The lowest BCUT2D eigenvalue weighted by Crippen LogP contribution is -2.03. The molecule has 102 valence electrons. The van der Waals surface area contributed by atoms with Gasteiger partial charge in [-0.15, -0.1) is 11.3 Å². The van der Waals surface area contributed by atoms with Gasteiger partial charge in [0.15, 0.2) is 6.10 Å². The zero-order valence-electron chi connectivity index (χ0n) is 10.6. The van der Waals surface area contributed by atoms with Gasteiger partial charge in [-0.1, -0.05) is 28.9 Å². The third kappa shape index (κ3) is 2.84. The minimum Gasteiger partial charge on any atom is -0.481 e. The van der Waals surface area contributed by atoms with Gasteiger partial charge in [-0.3, -0.25) is 0 Å². The van der Waals surface area contributed by atoms with Crippen molar-refractivity contribution in [3.05, 3.63) is 52.7 Å². The molecule has 3 aromatic rings. The second-order valence-electron chi connectivity index (χ2n) is 4.15.